The third-order valence-corrected chi connectivity index (χ3v) is 2.52. The first-order valence-electron chi connectivity index (χ1n) is 3.95. The number of hydrogen-bond donors (Lipinski definition) is 1. The summed E-state index contributed by atoms with van der Waals surface area (Å²) in [6.07, 6.45) is -0.321. The van der Waals surface area contributed by atoms with Gasteiger partial charge in [-0.05, 0) is 6.42 Å². The maximum absolute atomic E-state index is 12.4. The normalized spacial score (nSPS) is 29.2. The topological polar surface area (TPSA) is 20.2 Å². The number of aliphatic hydroxyl groups excluding tert-OH is 1. The maximum atomic E-state index is 12.4. The summed E-state index contributed by atoms with van der Waals surface area (Å²) in [6.45, 7) is 3.53. The zero-order chi connectivity index (χ0) is 8.70. The molecule has 0 aromatic rings. The van der Waals surface area contributed by atoms with E-state index in [-0.39, 0.29) is 12.8 Å². The first-order chi connectivity index (χ1) is 4.90. The molecule has 66 valence electrons. The number of rotatable bonds is 2. The zero-order valence-electron chi connectivity index (χ0n) is 6.90. The first-order valence-corrected chi connectivity index (χ1v) is 3.95. The predicted octanol–water partition coefficient (Wildman–Crippen LogP) is 2.19. The summed E-state index contributed by atoms with van der Waals surface area (Å²) in [5.74, 6) is -2.52. The molecule has 1 unspecified atom stereocenters. The minimum Gasteiger partial charge on any atom is -0.393 e. The predicted molar refractivity (Wildman–Crippen MR) is 38.6 cm³/mol. The summed E-state index contributed by atoms with van der Waals surface area (Å²) in [7, 11) is 0. The molecule has 0 saturated heterocycles. The Labute approximate surface area is 65.4 Å². The second kappa shape index (κ2) is 2.41. The molecule has 1 aliphatic rings. The fraction of sp³-hybridized carbons (Fsp3) is 1.00. The minimum atomic E-state index is -2.52. The summed E-state index contributed by atoms with van der Waals surface area (Å²) in [5.41, 5.74) is -0.530. The largest absolute Gasteiger partial charge is 0.393 e. The highest BCUT2D eigenvalue weighted by Gasteiger charge is 2.56. The molecule has 11 heavy (non-hydrogen) atoms. The van der Waals surface area contributed by atoms with Gasteiger partial charge in [0.05, 0.1) is 6.10 Å². The van der Waals surface area contributed by atoms with Gasteiger partial charge in [0.15, 0.2) is 0 Å². The van der Waals surface area contributed by atoms with Crippen molar-refractivity contribution in [3.8, 4) is 0 Å². The molecule has 0 aromatic carbocycles. The highest BCUT2D eigenvalue weighted by molar-refractivity contribution is 4.99. The zero-order valence-corrected chi connectivity index (χ0v) is 6.90. The average molecular weight is 164 g/mol. The van der Waals surface area contributed by atoms with E-state index >= 15 is 0 Å². The molecule has 1 N–H and O–H groups in total. The van der Waals surface area contributed by atoms with Crippen LogP contribution in [0.5, 0.6) is 0 Å². The lowest BCUT2D eigenvalue weighted by Gasteiger charge is -2.47. The van der Waals surface area contributed by atoms with Crippen molar-refractivity contribution in [2.45, 2.75) is 45.1 Å². The van der Waals surface area contributed by atoms with Crippen molar-refractivity contribution in [2.24, 2.45) is 5.41 Å². The van der Waals surface area contributed by atoms with Gasteiger partial charge in [-0.25, -0.2) is 8.78 Å². The molecule has 1 aliphatic carbocycles. The van der Waals surface area contributed by atoms with Crippen LogP contribution in [0, 0.1) is 5.41 Å². The maximum Gasteiger partial charge on any atom is 0.249 e. The lowest BCUT2D eigenvalue weighted by Crippen LogP contribution is -2.50. The molecule has 1 fully saturated rings. The van der Waals surface area contributed by atoms with Crippen molar-refractivity contribution < 1.29 is 13.9 Å². The molecule has 1 rings (SSSR count). The van der Waals surface area contributed by atoms with Crippen LogP contribution in [0.1, 0.15) is 33.1 Å². The second-order valence-electron chi connectivity index (χ2n) is 3.79. The van der Waals surface area contributed by atoms with Crippen LogP contribution in [0.4, 0.5) is 8.78 Å². The molecule has 0 aromatic heterocycles. The molecular weight excluding hydrogens is 150 g/mol. The molecule has 0 amide bonds. The molecule has 1 atom stereocenters. The number of hydrogen-bond acceptors (Lipinski definition) is 1. The molecule has 0 radical (unpaired) electrons. The van der Waals surface area contributed by atoms with Gasteiger partial charge in [-0.15, -0.1) is 0 Å². The van der Waals surface area contributed by atoms with E-state index in [0.717, 1.165) is 0 Å². The Kier molecular flexibility index (Phi) is 1.95. The van der Waals surface area contributed by atoms with Crippen LogP contribution in [0.15, 0.2) is 0 Å². The molecular formula is C8H14F2O. The SMILES string of the molecule is CCC(O)C1(C)CC(F)(F)C1. The first kappa shape index (κ1) is 8.91. The Morgan fingerprint density at radius 2 is 1.91 bits per heavy atom. The van der Waals surface area contributed by atoms with Crippen molar-refractivity contribution in [1.82, 2.24) is 0 Å². The number of aliphatic hydroxyl groups is 1. The lowest BCUT2D eigenvalue weighted by molar-refractivity contribution is -0.192. The van der Waals surface area contributed by atoms with Gasteiger partial charge in [0, 0.05) is 18.3 Å². The van der Waals surface area contributed by atoms with Crippen molar-refractivity contribution in [3.05, 3.63) is 0 Å². The van der Waals surface area contributed by atoms with Crippen molar-refractivity contribution in [2.75, 3.05) is 0 Å². The highest BCUT2D eigenvalue weighted by atomic mass is 19.3. The van der Waals surface area contributed by atoms with E-state index in [9.17, 15) is 13.9 Å². The van der Waals surface area contributed by atoms with Crippen LogP contribution in [0.2, 0.25) is 0 Å². The number of alkyl halides is 2. The Bertz CT molecular complexity index is 148. The highest BCUT2D eigenvalue weighted by Crippen LogP contribution is 2.54. The summed E-state index contributed by atoms with van der Waals surface area (Å²) in [6, 6.07) is 0. The van der Waals surface area contributed by atoms with E-state index in [1.165, 1.54) is 0 Å². The van der Waals surface area contributed by atoms with Gasteiger partial charge in [0.2, 0.25) is 5.92 Å². The lowest BCUT2D eigenvalue weighted by atomic mass is 9.63. The molecule has 0 heterocycles. The van der Waals surface area contributed by atoms with Crippen LogP contribution in [-0.2, 0) is 0 Å². The van der Waals surface area contributed by atoms with Gasteiger partial charge in [0.1, 0.15) is 0 Å². The van der Waals surface area contributed by atoms with Crippen LogP contribution in [0.25, 0.3) is 0 Å². The van der Waals surface area contributed by atoms with Gasteiger partial charge >= 0.3 is 0 Å². The summed E-state index contributed by atoms with van der Waals surface area (Å²) in [4.78, 5) is 0. The molecule has 1 saturated carbocycles. The Hall–Kier alpha value is -0.180. The van der Waals surface area contributed by atoms with E-state index < -0.39 is 17.4 Å². The quantitative estimate of drug-likeness (QED) is 0.663. The molecule has 0 aliphatic heterocycles. The van der Waals surface area contributed by atoms with Gasteiger partial charge in [-0.3, -0.25) is 0 Å². The van der Waals surface area contributed by atoms with Crippen LogP contribution < -0.4 is 0 Å². The Balaban J connectivity index is 2.49. The second-order valence-corrected chi connectivity index (χ2v) is 3.79. The van der Waals surface area contributed by atoms with Crippen LogP contribution in [0.3, 0.4) is 0 Å². The van der Waals surface area contributed by atoms with E-state index in [1.807, 2.05) is 6.92 Å². The molecule has 0 spiro atoms. The van der Waals surface area contributed by atoms with Crippen molar-refractivity contribution >= 4 is 0 Å². The minimum absolute atomic E-state index is 0.158. The molecule has 0 bridgehead atoms. The fourth-order valence-corrected chi connectivity index (χ4v) is 1.86. The van der Waals surface area contributed by atoms with Crippen LogP contribution in [-0.4, -0.2) is 17.1 Å². The third-order valence-electron chi connectivity index (χ3n) is 2.52. The monoisotopic (exact) mass is 164 g/mol. The third kappa shape index (κ3) is 1.53. The van der Waals surface area contributed by atoms with Crippen molar-refractivity contribution in [1.29, 1.82) is 0 Å². The summed E-state index contributed by atoms with van der Waals surface area (Å²) in [5, 5.41) is 9.34. The number of halogens is 2. The van der Waals surface area contributed by atoms with Gasteiger partial charge in [0.25, 0.3) is 0 Å². The van der Waals surface area contributed by atoms with E-state index in [2.05, 4.69) is 0 Å². The van der Waals surface area contributed by atoms with Gasteiger partial charge < -0.3 is 5.11 Å². The summed E-state index contributed by atoms with van der Waals surface area (Å²) < 4.78 is 24.8. The Morgan fingerprint density at radius 1 is 1.45 bits per heavy atom. The molecule has 3 heteroatoms. The van der Waals surface area contributed by atoms with E-state index in [0.29, 0.717) is 6.42 Å². The summed E-state index contributed by atoms with van der Waals surface area (Å²) >= 11 is 0. The van der Waals surface area contributed by atoms with Gasteiger partial charge in [-0.1, -0.05) is 13.8 Å². The molecule has 1 nitrogen and oxygen atoms in total. The Morgan fingerprint density at radius 3 is 2.18 bits per heavy atom. The smallest absolute Gasteiger partial charge is 0.249 e. The van der Waals surface area contributed by atoms with E-state index in [4.69, 9.17) is 0 Å². The average Bonchev–Trinajstić information content (AvgIpc) is 1.81. The van der Waals surface area contributed by atoms with Gasteiger partial charge in [-0.2, -0.15) is 0 Å². The standard InChI is InChI=1S/C8H14F2O/c1-3-6(11)7(2)4-8(9,10)5-7/h6,11H,3-5H2,1-2H3. The fourth-order valence-electron chi connectivity index (χ4n) is 1.86. The van der Waals surface area contributed by atoms with Crippen LogP contribution >= 0.6 is 0 Å². The van der Waals surface area contributed by atoms with E-state index in [1.54, 1.807) is 6.92 Å². The van der Waals surface area contributed by atoms with Crippen molar-refractivity contribution in [3.63, 3.8) is 0 Å².